The highest BCUT2D eigenvalue weighted by Crippen LogP contribution is 2.34. The number of hydrogen-bond acceptors (Lipinski definition) is 3. The Hall–Kier alpha value is -1.55. The zero-order chi connectivity index (χ0) is 14.1. The number of halogens is 1. The predicted octanol–water partition coefficient (Wildman–Crippen LogP) is 4.35. The first-order valence-electron chi connectivity index (χ1n) is 6.85. The first-order chi connectivity index (χ1) is 9.63. The first kappa shape index (κ1) is 13.4. The molecule has 0 radical (unpaired) electrons. The molecule has 0 saturated carbocycles. The van der Waals surface area contributed by atoms with Gasteiger partial charge in [0.15, 0.2) is 0 Å². The minimum absolute atomic E-state index is 0.293. The number of aryl methyl sites for hydroxylation is 2. The zero-order valence-electron chi connectivity index (χ0n) is 11.4. The number of aromatic nitrogens is 1. The van der Waals surface area contributed by atoms with Crippen LogP contribution in [0.15, 0.2) is 34.9 Å². The van der Waals surface area contributed by atoms with Crippen molar-refractivity contribution in [1.82, 2.24) is 4.98 Å². The summed E-state index contributed by atoms with van der Waals surface area (Å²) in [6.45, 7) is 2.01. The maximum absolute atomic E-state index is 9.60. The number of benzene rings is 1. The smallest absolute Gasteiger partial charge is 0.115 e. The van der Waals surface area contributed by atoms with E-state index in [2.05, 4.69) is 32.3 Å². The summed E-state index contributed by atoms with van der Waals surface area (Å²) >= 11 is 3.39. The van der Waals surface area contributed by atoms with Crippen LogP contribution in [0.3, 0.4) is 0 Å². The van der Waals surface area contributed by atoms with Crippen molar-refractivity contribution >= 4 is 21.6 Å². The summed E-state index contributed by atoms with van der Waals surface area (Å²) in [4.78, 5) is 4.42. The molecule has 0 spiro atoms. The fraction of sp³-hybridized carbons (Fsp3) is 0.312. The number of anilines is 1. The average molecular weight is 333 g/mol. The van der Waals surface area contributed by atoms with Crippen molar-refractivity contribution in [3.63, 3.8) is 0 Å². The Kier molecular flexibility index (Phi) is 3.66. The summed E-state index contributed by atoms with van der Waals surface area (Å²) < 4.78 is 0.856. The van der Waals surface area contributed by atoms with Gasteiger partial charge in [0.2, 0.25) is 0 Å². The molecule has 0 bridgehead atoms. The first-order valence-corrected chi connectivity index (χ1v) is 7.64. The summed E-state index contributed by atoms with van der Waals surface area (Å²) in [5.41, 5.74) is 4.59. The minimum Gasteiger partial charge on any atom is -0.508 e. The number of phenolic OH excluding ortho intramolecular Hbond substituents is 1. The topological polar surface area (TPSA) is 45.2 Å². The largest absolute Gasteiger partial charge is 0.508 e. The molecule has 20 heavy (non-hydrogen) atoms. The van der Waals surface area contributed by atoms with E-state index in [1.807, 2.05) is 25.1 Å². The van der Waals surface area contributed by atoms with Gasteiger partial charge in [0.05, 0.1) is 17.4 Å². The highest BCUT2D eigenvalue weighted by atomic mass is 79.9. The Morgan fingerprint density at radius 3 is 2.95 bits per heavy atom. The van der Waals surface area contributed by atoms with Crippen molar-refractivity contribution in [2.24, 2.45) is 0 Å². The molecule has 0 saturated heterocycles. The van der Waals surface area contributed by atoms with E-state index in [1.54, 1.807) is 6.07 Å². The number of nitrogens with zero attached hydrogens (tertiary/aromatic N) is 1. The Morgan fingerprint density at radius 1 is 1.30 bits per heavy atom. The molecule has 0 aliphatic heterocycles. The quantitative estimate of drug-likeness (QED) is 0.803. The van der Waals surface area contributed by atoms with E-state index in [-0.39, 0.29) is 0 Å². The lowest BCUT2D eigenvalue weighted by atomic mass is 9.87. The molecule has 1 unspecified atom stereocenters. The summed E-state index contributed by atoms with van der Waals surface area (Å²) in [5, 5.41) is 13.2. The molecule has 2 aromatic rings. The van der Waals surface area contributed by atoms with Gasteiger partial charge in [0, 0.05) is 0 Å². The second kappa shape index (κ2) is 5.44. The van der Waals surface area contributed by atoms with Gasteiger partial charge in [-0.2, -0.15) is 0 Å². The highest BCUT2D eigenvalue weighted by Gasteiger charge is 2.20. The third kappa shape index (κ3) is 2.66. The summed E-state index contributed by atoms with van der Waals surface area (Å²) in [7, 11) is 0. The molecule has 4 heteroatoms. The summed E-state index contributed by atoms with van der Waals surface area (Å²) in [5.74, 6) is 0.353. The number of hydrogen-bond donors (Lipinski definition) is 2. The third-order valence-corrected chi connectivity index (χ3v) is 4.26. The molecular weight excluding hydrogens is 316 g/mol. The van der Waals surface area contributed by atoms with Gasteiger partial charge in [-0.1, -0.05) is 6.07 Å². The van der Waals surface area contributed by atoms with Crippen molar-refractivity contribution in [2.45, 2.75) is 32.2 Å². The van der Waals surface area contributed by atoms with E-state index in [0.717, 1.165) is 35.2 Å². The monoisotopic (exact) mass is 332 g/mol. The van der Waals surface area contributed by atoms with Gasteiger partial charge < -0.3 is 10.4 Å². The van der Waals surface area contributed by atoms with Crippen molar-refractivity contribution < 1.29 is 5.11 Å². The van der Waals surface area contributed by atoms with Crippen molar-refractivity contribution in [3.8, 4) is 5.75 Å². The summed E-state index contributed by atoms with van der Waals surface area (Å²) in [6, 6.07) is 9.99. The van der Waals surface area contributed by atoms with Crippen molar-refractivity contribution in [1.29, 1.82) is 0 Å². The predicted molar refractivity (Wildman–Crippen MR) is 84.1 cm³/mol. The molecular formula is C16H17BrN2O. The number of aromatic hydroxyl groups is 1. The van der Waals surface area contributed by atoms with Gasteiger partial charge in [0.25, 0.3) is 0 Å². The fourth-order valence-electron chi connectivity index (χ4n) is 2.82. The van der Waals surface area contributed by atoms with Crippen molar-refractivity contribution in [2.75, 3.05) is 5.32 Å². The SMILES string of the molecule is Cc1nc(Br)ccc1NC1CCCc2cc(O)ccc21. The van der Waals surface area contributed by atoms with Crippen LogP contribution in [0.25, 0.3) is 0 Å². The Labute approximate surface area is 127 Å². The number of pyridine rings is 1. The minimum atomic E-state index is 0.293. The molecule has 1 aromatic carbocycles. The molecule has 104 valence electrons. The average Bonchev–Trinajstić information content (AvgIpc) is 2.41. The van der Waals surface area contributed by atoms with Gasteiger partial charge in [-0.25, -0.2) is 4.98 Å². The molecule has 3 nitrogen and oxygen atoms in total. The maximum atomic E-state index is 9.60. The zero-order valence-corrected chi connectivity index (χ0v) is 12.9. The summed E-state index contributed by atoms with van der Waals surface area (Å²) in [6.07, 6.45) is 3.28. The van der Waals surface area contributed by atoms with E-state index in [1.165, 1.54) is 11.1 Å². The van der Waals surface area contributed by atoms with Gasteiger partial charge in [-0.3, -0.25) is 0 Å². The maximum Gasteiger partial charge on any atom is 0.115 e. The van der Waals surface area contributed by atoms with Crippen LogP contribution in [0.4, 0.5) is 5.69 Å². The highest BCUT2D eigenvalue weighted by molar-refractivity contribution is 9.10. The number of rotatable bonds is 2. The van der Waals surface area contributed by atoms with Crippen LogP contribution >= 0.6 is 15.9 Å². The molecule has 1 atom stereocenters. The van der Waals surface area contributed by atoms with Crippen LogP contribution in [0.2, 0.25) is 0 Å². The van der Waals surface area contributed by atoms with E-state index >= 15 is 0 Å². The number of nitrogens with one attached hydrogen (secondary N) is 1. The standard InChI is InChI=1S/C16H17BrN2O/c1-10-14(7-8-16(17)18-10)19-15-4-2-3-11-9-12(20)5-6-13(11)15/h5-9,15,19-20H,2-4H2,1H3. The molecule has 0 amide bonds. The van der Waals surface area contributed by atoms with E-state index in [0.29, 0.717) is 11.8 Å². The van der Waals surface area contributed by atoms with Gasteiger partial charge in [-0.15, -0.1) is 0 Å². The van der Waals surface area contributed by atoms with Crippen LogP contribution in [-0.4, -0.2) is 10.1 Å². The van der Waals surface area contributed by atoms with Crippen LogP contribution in [-0.2, 0) is 6.42 Å². The van der Waals surface area contributed by atoms with E-state index < -0.39 is 0 Å². The Bertz CT molecular complexity index is 642. The molecule has 2 N–H and O–H groups in total. The molecule has 1 aliphatic rings. The van der Waals surface area contributed by atoms with Crippen LogP contribution in [0.1, 0.15) is 35.7 Å². The van der Waals surface area contributed by atoms with Crippen LogP contribution in [0.5, 0.6) is 5.75 Å². The molecule has 1 aliphatic carbocycles. The van der Waals surface area contributed by atoms with Gasteiger partial charge >= 0.3 is 0 Å². The Balaban J connectivity index is 1.89. The Morgan fingerprint density at radius 2 is 2.15 bits per heavy atom. The molecule has 1 heterocycles. The second-order valence-electron chi connectivity index (χ2n) is 5.24. The molecule has 0 fully saturated rings. The van der Waals surface area contributed by atoms with E-state index in [9.17, 15) is 5.11 Å². The number of fused-ring (bicyclic) bond motifs is 1. The lowest BCUT2D eigenvalue weighted by Crippen LogP contribution is -2.18. The van der Waals surface area contributed by atoms with Crippen molar-refractivity contribution in [3.05, 3.63) is 51.8 Å². The number of phenols is 1. The van der Waals surface area contributed by atoms with Crippen LogP contribution < -0.4 is 5.32 Å². The third-order valence-electron chi connectivity index (χ3n) is 3.82. The van der Waals surface area contributed by atoms with E-state index in [4.69, 9.17) is 0 Å². The van der Waals surface area contributed by atoms with Gasteiger partial charge in [-0.05, 0) is 77.5 Å². The second-order valence-corrected chi connectivity index (χ2v) is 6.05. The van der Waals surface area contributed by atoms with Crippen LogP contribution in [0, 0.1) is 6.92 Å². The normalized spacial score (nSPS) is 17.6. The molecule has 1 aromatic heterocycles. The van der Waals surface area contributed by atoms with Gasteiger partial charge in [0.1, 0.15) is 10.4 Å². The fourth-order valence-corrected chi connectivity index (χ4v) is 3.22. The lowest BCUT2D eigenvalue weighted by molar-refractivity contribution is 0.472. The lowest BCUT2D eigenvalue weighted by Gasteiger charge is -2.27. The molecule has 3 rings (SSSR count).